The SMILES string of the molecule is CCOC(=O)COc1c(F)cc(Br)cc1C=Nn1cc(C)nc1N. The zero-order valence-electron chi connectivity index (χ0n) is 13.1. The molecule has 2 rings (SSSR count). The van der Waals surface area contributed by atoms with Crippen molar-refractivity contribution in [2.45, 2.75) is 13.8 Å². The van der Waals surface area contributed by atoms with Crippen LogP contribution in [0, 0.1) is 12.7 Å². The molecule has 1 aromatic heterocycles. The van der Waals surface area contributed by atoms with E-state index in [1.807, 2.05) is 0 Å². The summed E-state index contributed by atoms with van der Waals surface area (Å²) >= 11 is 3.20. The lowest BCUT2D eigenvalue weighted by Crippen LogP contribution is -2.16. The molecule has 2 aromatic rings. The molecule has 24 heavy (non-hydrogen) atoms. The monoisotopic (exact) mass is 398 g/mol. The first-order valence-electron chi connectivity index (χ1n) is 7.04. The number of anilines is 1. The molecule has 0 unspecified atom stereocenters. The number of benzene rings is 1. The van der Waals surface area contributed by atoms with Crippen LogP contribution in [0.5, 0.6) is 5.75 Å². The summed E-state index contributed by atoms with van der Waals surface area (Å²) in [6.45, 7) is 3.26. The number of nitrogens with zero attached hydrogens (tertiary/aromatic N) is 3. The Morgan fingerprint density at radius 1 is 1.54 bits per heavy atom. The normalized spacial score (nSPS) is 11.0. The van der Waals surface area contributed by atoms with E-state index in [0.717, 1.165) is 0 Å². The minimum absolute atomic E-state index is 0.106. The fourth-order valence-electron chi connectivity index (χ4n) is 1.88. The van der Waals surface area contributed by atoms with E-state index in [4.69, 9.17) is 15.2 Å². The smallest absolute Gasteiger partial charge is 0.344 e. The van der Waals surface area contributed by atoms with Crippen molar-refractivity contribution in [1.82, 2.24) is 9.66 Å². The Kier molecular flexibility index (Phi) is 5.91. The summed E-state index contributed by atoms with van der Waals surface area (Å²) in [7, 11) is 0. The van der Waals surface area contributed by atoms with Crippen molar-refractivity contribution in [3.63, 3.8) is 0 Å². The Morgan fingerprint density at radius 2 is 2.29 bits per heavy atom. The molecule has 1 heterocycles. The zero-order chi connectivity index (χ0) is 17.7. The zero-order valence-corrected chi connectivity index (χ0v) is 14.7. The first-order valence-corrected chi connectivity index (χ1v) is 7.83. The van der Waals surface area contributed by atoms with Crippen LogP contribution in [0.3, 0.4) is 0 Å². The number of aryl methyl sites for hydroxylation is 1. The molecule has 1 aromatic carbocycles. The maximum atomic E-state index is 14.1. The third kappa shape index (κ3) is 4.54. The van der Waals surface area contributed by atoms with Crippen molar-refractivity contribution in [1.29, 1.82) is 0 Å². The molecule has 2 N–H and O–H groups in total. The highest BCUT2D eigenvalue weighted by molar-refractivity contribution is 9.10. The maximum Gasteiger partial charge on any atom is 0.344 e. The Bertz CT molecular complexity index is 776. The Morgan fingerprint density at radius 3 is 2.92 bits per heavy atom. The molecule has 0 spiro atoms. The Hall–Kier alpha value is -2.42. The summed E-state index contributed by atoms with van der Waals surface area (Å²) in [6.07, 6.45) is 2.99. The van der Waals surface area contributed by atoms with Gasteiger partial charge in [0.1, 0.15) is 0 Å². The van der Waals surface area contributed by atoms with Crippen LogP contribution >= 0.6 is 15.9 Å². The van der Waals surface area contributed by atoms with E-state index >= 15 is 0 Å². The molecule has 0 fully saturated rings. The lowest BCUT2D eigenvalue weighted by Gasteiger charge is -2.10. The van der Waals surface area contributed by atoms with E-state index in [9.17, 15) is 9.18 Å². The first-order chi connectivity index (χ1) is 11.4. The summed E-state index contributed by atoms with van der Waals surface area (Å²) in [6, 6.07) is 2.83. The van der Waals surface area contributed by atoms with Gasteiger partial charge in [0.2, 0.25) is 5.95 Å². The average Bonchev–Trinajstić information content (AvgIpc) is 2.82. The highest BCUT2D eigenvalue weighted by Crippen LogP contribution is 2.26. The largest absolute Gasteiger partial charge is 0.478 e. The Labute approximate surface area is 146 Å². The predicted molar refractivity (Wildman–Crippen MR) is 90.6 cm³/mol. The summed E-state index contributed by atoms with van der Waals surface area (Å²) in [4.78, 5) is 15.4. The van der Waals surface area contributed by atoms with Crippen LogP contribution in [-0.4, -0.2) is 35.1 Å². The molecule has 0 atom stereocenters. The van der Waals surface area contributed by atoms with Crippen LogP contribution in [0.2, 0.25) is 0 Å². The fraction of sp³-hybridized carbons (Fsp3) is 0.267. The Balaban J connectivity index is 2.27. The third-order valence-electron chi connectivity index (χ3n) is 2.83. The van der Waals surface area contributed by atoms with Gasteiger partial charge in [-0.2, -0.15) is 5.10 Å². The molecule has 0 aliphatic rings. The number of ether oxygens (including phenoxy) is 2. The highest BCUT2D eigenvalue weighted by Gasteiger charge is 2.13. The number of rotatable bonds is 6. The fourth-order valence-corrected chi connectivity index (χ4v) is 2.33. The molecular weight excluding hydrogens is 383 g/mol. The van der Waals surface area contributed by atoms with Gasteiger partial charge in [-0.05, 0) is 26.0 Å². The number of carbonyl (C=O) groups is 1. The molecule has 0 saturated carbocycles. The molecule has 0 radical (unpaired) electrons. The van der Waals surface area contributed by atoms with Gasteiger partial charge in [0, 0.05) is 10.0 Å². The second kappa shape index (κ2) is 7.91. The van der Waals surface area contributed by atoms with E-state index in [2.05, 4.69) is 26.0 Å². The standard InChI is InChI=1S/C15H16BrFN4O3/c1-3-23-13(22)8-24-14-10(4-11(16)5-12(14)17)6-19-21-7-9(2)20-15(21)18/h4-7H,3,8H2,1-2H3,(H2,18,20). The molecule has 128 valence electrons. The number of imidazole rings is 1. The van der Waals surface area contributed by atoms with E-state index in [-0.39, 0.29) is 18.3 Å². The van der Waals surface area contributed by atoms with Gasteiger partial charge >= 0.3 is 5.97 Å². The van der Waals surface area contributed by atoms with Crippen molar-refractivity contribution >= 4 is 34.1 Å². The minimum atomic E-state index is -0.634. The van der Waals surface area contributed by atoms with Gasteiger partial charge < -0.3 is 15.2 Å². The van der Waals surface area contributed by atoms with Crippen molar-refractivity contribution in [2.75, 3.05) is 18.9 Å². The summed E-state index contributed by atoms with van der Waals surface area (Å²) in [5.41, 5.74) is 6.73. The van der Waals surface area contributed by atoms with Crippen molar-refractivity contribution < 1.29 is 18.7 Å². The first kappa shape index (κ1) is 17.9. The van der Waals surface area contributed by atoms with Gasteiger partial charge in [0.05, 0.1) is 24.7 Å². The molecule has 9 heteroatoms. The van der Waals surface area contributed by atoms with Crippen molar-refractivity contribution in [3.8, 4) is 5.75 Å². The number of nitrogens with two attached hydrogens (primary N) is 1. The van der Waals surface area contributed by atoms with Crippen LogP contribution in [0.15, 0.2) is 27.9 Å². The van der Waals surface area contributed by atoms with Crippen LogP contribution in [-0.2, 0) is 9.53 Å². The van der Waals surface area contributed by atoms with Gasteiger partial charge in [-0.3, -0.25) is 0 Å². The average molecular weight is 399 g/mol. The maximum absolute atomic E-state index is 14.1. The number of nitrogen functional groups attached to an aromatic ring is 1. The van der Waals surface area contributed by atoms with Crippen LogP contribution in [0.4, 0.5) is 10.3 Å². The van der Waals surface area contributed by atoms with Crippen LogP contribution in [0.1, 0.15) is 18.2 Å². The summed E-state index contributed by atoms with van der Waals surface area (Å²) in [5, 5.41) is 4.12. The molecule has 0 aliphatic heterocycles. The van der Waals surface area contributed by atoms with Crippen LogP contribution < -0.4 is 10.5 Å². The van der Waals surface area contributed by atoms with Gasteiger partial charge in [-0.25, -0.2) is 18.8 Å². The topological polar surface area (TPSA) is 91.7 Å². The van der Waals surface area contributed by atoms with E-state index in [1.165, 1.54) is 17.0 Å². The number of halogens is 2. The van der Waals surface area contributed by atoms with Crippen molar-refractivity contribution in [2.24, 2.45) is 5.10 Å². The number of esters is 1. The third-order valence-corrected chi connectivity index (χ3v) is 3.29. The number of aromatic nitrogens is 2. The second-order valence-electron chi connectivity index (χ2n) is 4.73. The van der Waals surface area contributed by atoms with Gasteiger partial charge in [0.15, 0.2) is 18.2 Å². The van der Waals surface area contributed by atoms with Gasteiger partial charge in [-0.1, -0.05) is 15.9 Å². The minimum Gasteiger partial charge on any atom is -0.478 e. The van der Waals surface area contributed by atoms with Gasteiger partial charge in [0.25, 0.3) is 0 Å². The lowest BCUT2D eigenvalue weighted by molar-refractivity contribution is -0.145. The lowest BCUT2D eigenvalue weighted by atomic mass is 10.2. The van der Waals surface area contributed by atoms with E-state index < -0.39 is 18.4 Å². The highest BCUT2D eigenvalue weighted by atomic mass is 79.9. The number of hydrogen-bond acceptors (Lipinski definition) is 6. The quantitative estimate of drug-likeness (QED) is 0.595. The molecule has 0 aliphatic carbocycles. The second-order valence-corrected chi connectivity index (χ2v) is 5.64. The molecule has 7 nitrogen and oxygen atoms in total. The van der Waals surface area contributed by atoms with E-state index in [0.29, 0.717) is 15.7 Å². The molecular formula is C15H16BrFN4O3. The number of hydrogen-bond donors (Lipinski definition) is 1. The van der Waals surface area contributed by atoms with Gasteiger partial charge in [-0.15, -0.1) is 0 Å². The van der Waals surface area contributed by atoms with Crippen molar-refractivity contribution in [3.05, 3.63) is 39.9 Å². The molecule has 0 amide bonds. The molecule has 0 saturated heterocycles. The van der Waals surface area contributed by atoms with E-state index in [1.54, 1.807) is 26.1 Å². The predicted octanol–water partition coefficient (Wildman–Crippen LogP) is 2.50. The number of carbonyl (C=O) groups excluding carboxylic acids is 1. The summed E-state index contributed by atoms with van der Waals surface area (Å²) in [5.74, 6) is -1.12. The summed E-state index contributed by atoms with van der Waals surface area (Å²) < 4.78 is 26.0. The molecule has 0 bridgehead atoms. The van der Waals surface area contributed by atoms with Crippen LogP contribution in [0.25, 0.3) is 0 Å².